The number of rotatable bonds is 6. The van der Waals surface area contributed by atoms with Crippen molar-refractivity contribution in [3.8, 4) is 44.5 Å². The molecule has 0 atom stereocenters. The SMILES string of the molecule is CC1(C)c2ccccc2-c2ccc(N(c3cccc(-c4ccc(-c5ccccc5)cc4)c3)c3ccc4c(c3)C3(c5ccccc5-4)c4ccccc4N(c4ccccc4)c4ccccc43)cc21. The second kappa shape index (κ2) is 14.7. The molecule has 0 saturated carbocycles. The van der Waals surface area contributed by atoms with Gasteiger partial charge in [-0.1, -0.05) is 196 Å². The predicted molar refractivity (Wildman–Crippen MR) is 275 cm³/mol. The molecule has 312 valence electrons. The molecule has 13 rings (SSSR count). The molecule has 3 aliphatic rings. The molecule has 0 saturated heterocycles. The molecule has 0 fully saturated rings. The lowest BCUT2D eigenvalue weighted by Gasteiger charge is -2.45. The Kier molecular flexibility index (Phi) is 8.51. The zero-order valence-electron chi connectivity index (χ0n) is 37.0. The molecule has 1 spiro atoms. The average Bonchev–Trinajstić information content (AvgIpc) is 3.79. The summed E-state index contributed by atoms with van der Waals surface area (Å²) in [6, 6.07) is 90.1. The van der Waals surface area contributed by atoms with Crippen LogP contribution in [0.2, 0.25) is 0 Å². The van der Waals surface area contributed by atoms with Crippen LogP contribution in [0.5, 0.6) is 0 Å². The van der Waals surface area contributed by atoms with Crippen LogP contribution >= 0.6 is 0 Å². The van der Waals surface area contributed by atoms with E-state index in [1.807, 2.05) is 0 Å². The molecule has 2 nitrogen and oxygen atoms in total. The third-order valence-electron chi connectivity index (χ3n) is 14.7. The maximum absolute atomic E-state index is 2.51. The fourth-order valence-corrected chi connectivity index (χ4v) is 11.7. The number of benzene rings is 10. The van der Waals surface area contributed by atoms with Crippen LogP contribution in [-0.2, 0) is 10.8 Å². The van der Waals surface area contributed by atoms with Gasteiger partial charge in [-0.2, -0.15) is 0 Å². The summed E-state index contributed by atoms with van der Waals surface area (Å²) < 4.78 is 0. The molecule has 2 heteroatoms. The highest BCUT2D eigenvalue weighted by atomic mass is 15.2. The second-order valence-electron chi connectivity index (χ2n) is 18.5. The van der Waals surface area contributed by atoms with Crippen molar-refractivity contribution in [1.29, 1.82) is 0 Å². The molecule has 0 amide bonds. The van der Waals surface area contributed by atoms with Gasteiger partial charge < -0.3 is 9.80 Å². The minimum Gasteiger partial charge on any atom is -0.310 e. The van der Waals surface area contributed by atoms with E-state index < -0.39 is 5.41 Å². The van der Waals surface area contributed by atoms with Gasteiger partial charge in [0.1, 0.15) is 0 Å². The lowest BCUT2D eigenvalue weighted by molar-refractivity contribution is 0.660. The summed E-state index contributed by atoms with van der Waals surface area (Å²) in [6.07, 6.45) is 0. The van der Waals surface area contributed by atoms with E-state index in [-0.39, 0.29) is 5.41 Å². The van der Waals surface area contributed by atoms with Crippen LogP contribution in [0.3, 0.4) is 0 Å². The lowest BCUT2D eigenvalue weighted by Crippen LogP contribution is -2.36. The van der Waals surface area contributed by atoms with E-state index in [0.717, 1.165) is 22.7 Å². The molecule has 0 aromatic heterocycles. The molecule has 1 heterocycles. The van der Waals surface area contributed by atoms with Gasteiger partial charge in [-0.25, -0.2) is 0 Å². The highest BCUT2D eigenvalue weighted by Gasteiger charge is 2.52. The van der Waals surface area contributed by atoms with Gasteiger partial charge in [0, 0.05) is 28.2 Å². The normalized spacial score (nSPS) is 14.1. The first-order valence-electron chi connectivity index (χ1n) is 23.1. The summed E-state index contributed by atoms with van der Waals surface area (Å²) in [7, 11) is 0. The Morgan fingerprint density at radius 1 is 0.303 bits per heavy atom. The second-order valence-corrected chi connectivity index (χ2v) is 18.5. The number of nitrogens with zero attached hydrogens (tertiary/aromatic N) is 2. The Balaban J connectivity index is 1.04. The highest BCUT2D eigenvalue weighted by Crippen LogP contribution is 2.64. The van der Waals surface area contributed by atoms with Crippen LogP contribution in [0, 0.1) is 0 Å². The van der Waals surface area contributed by atoms with Crippen molar-refractivity contribution in [3.63, 3.8) is 0 Å². The van der Waals surface area contributed by atoms with Gasteiger partial charge in [-0.15, -0.1) is 0 Å². The summed E-state index contributed by atoms with van der Waals surface area (Å²) in [4.78, 5) is 4.95. The van der Waals surface area contributed by atoms with Crippen LogP contribution in [0.15, 0.2) is 243 Å². The summed E-state index contributed by atoms with van der Waals surface area (Å²) in [6.45, 7) is 4.75. The largest absolute Gasteiger partial charge is 0.310 e. The Hall–Kier alpha value is -8.20. The summed E-state index contributed by atoms with van der Waals surface area (Å²) in [5, 5.41) is 0. The topological polar surface area (TPSA) is 6.48 Å². The van der Waals surface area contributed by atoms with Gasteiger partial charge >= 0.3 is 0 Å². The van der Waals surface area contributed by atoms with E-state index in [4.69, 9.17) is 0 Å². The van der Waals surface area contributed by atoms with Crippen LogP contribution in [0.1, 0.15) is 47.2 Å². The minimum atomic E-state index is -0.573. The maximum atomic E-state index is 2.51. The number of hydrogen-bond donors (Lipinski definition) is 0. The van der Waals surface area contributed by atoms with Crippen molar-refractivity contribution in [2.24, 2.45) is 0 Å². The quantitative estimate of drug-likeness (QED) is 0.165. The number of anilines is 6. The number of para-hydroxylation sites is 3. The molecular formula is C64H46N2. The molecule has 2 aliphatic carbocycles. The third-order valence-corrected chi connectivity index (χ3v) is 14.7. The van der Waals surface area contributed by atoms with E-state index in [0.29, 0.717) is 0 Å². The van der Waals surface area contributed by atoms with Crippen molar-refractivity contribution < 1.29 is 0 Å². The molecular weight excluding hydrogens is 797 g/mol. The molecule has 0 bridgehead atoms. The van der Waals surface area contributed by atoms with Gasteiger partial charge in [0.05, 0.1) is 16.8 Å². The van der Waals surface area contributed by atoms with Crippen molar-refractivity contribution in [1.82, 2.24) is 0 Å². The maximum Gasteiger partial charge on any atom is 0.0755 e. The fourth-order valence-electron chi connectivity index (χ4n) is 11.7. The van der Waals surface area contributed by atoms with Crippen molar-refractivity contribution in [2.45, 2.75) is 24.7 Å². The number of fused-ring (bicyclic) bond motifs is 12. The van der Waals surface area contributed by atoms with E-state index in [1.54, 1.807) is 0 Å². The Labute approximate surface area is 387 Å². The molecule has 66 heavy (non-hydrogen) atoms. The summed E-state index contributed by atoms with van der Waals surface area (Å²) >= 11 is 0. The lowest BCUT2D eigenvalue weighted by atomic mass is 9.64. The van der Waals surface area contributed by atoms with E-state index in [9.17, 15) is 0 Å². The smallest absolute Gasteiger partial charge is 0.0755 e. The van der Waals surface area contributed by atoms with Crippen LogP contribution in [0.4, 0.5) is 34.1 Å². The van der Waals surface area contributed by atoms with Gasteiger partial charge in [0.15, 0.2) is 0 Å². The summed E-state index contributed by atoms with van der Waals surface area (Å²) in [5.74, 6) is 0. The molecule has 0 unspecified atom stereocenters. The first-order valence-corrected chi connectivity index (χ1v) is 23.1. The fraction of sp³-hybridized carbons (Fsp3) is 0.0625. The Morgan fingerprint density at radius 3 is 1.39 bits per heavy atom. The van der Waals surface area contributed by atoms with E-state index >= 15 is 0 Å². The van der Waals surface area contributed by atoms with Crippen molar-refractivity contribution >= 4 is 34.1 Å². The average molecular weight is 843 g/mol. The van der Waals surface area contributed by atoms with E-state index in [2.05, 4.69) is 266 Å². The number of hydrogen-bond acceptors (Lipinski definition) is 2. The third kappa shape index (κ3) is 5.55. The van der Waals surface area contributed by atoms with Crippen LogP contribution in [0.25, 0.3) is 44.5 Å². The van der Waals surface area contributed by atoms with Gasteiger partial charge in [0.25, 0.3) is 0 Å². The monoisotopic (exact) mass is 842 g/mol. The van der Waals surface area contributed by atoms with Crippen molar-refractivity contribution in [2.75, 3.05) is 9.80 Å². The first kappa shape index (κ1) is 38.3. The Bertz CT molecular complexity index is 3460. The molecule has 10 aromatic carbocycles. The standard InChI is InChI=1S/C64H46N2/c1-63(2)55-26-11-9-24-51(55)53-38-36-49(41-59(53)63)65(48-23-17-20-46(40-48)45-34-32-44(33-35-45)43-18-5-3-6-19-43)50-37-39-54-52-25-10-12-27-56(52)64(60(54)42-50)57-28-13-15-30-61(57)66(47-21-7-4-8-22-47)62-31-16-14-29-58(62)64/h3-42H,1-2H3. The minimum absolute atomic E-state index is 0.153. The molecule has 0 radical (unpaired) electrons. The van der Waals surface area contributed by atoms with Crippen LogP contribution < -0.4 is 9.80 Å². The zero-order valence-corrected chi connectivity index (χ0v) is 37.0. The van der Waals surface area contributed by atoms with Gasteiger partial charge in [-0.05, 0) is 139 Å². The van der Waals surface area contributed by atoms with Gasteiger partial charge in [-0.3, -0.25) is 0 Å². The zero-order chi connectivity index (χ0) is 44.0. The highest BCUT2D eigenvalue weighted by molar-refractivity contribution is 5.97. The first-order chi connectivity index (χ1) is 32.5. The van der Waals surface area contributed by atoms with E-state index in [1.165, 1.54) is 89.3 Å². The summed E-state index contributed by atoms with van der Waals surface area (Å²) in [5.41, 5.74) is 24.0. The molecule has 10 aromatic rings. The molecule has 0 N–H and O–H groups in total. The predicted octanol–water partition coefficient (Wildman–Crippen LogP) is 16.9. The van der Waals surface area contributed by atoms with Gasteiger partial charge in [0.2, 0.25) is 0 Å². The Morgan fingerprint density at radius 2 is 0.742 bits per heavy atom. The van der Waals surface area contributed by atoms with Crippen molar-refractivity contribution in [3.05, 3.63) is 276 Å². The van der Waals surface area contributed by atoms with Crippen LogP contribution in [-0.4, -0.2) is 0 Å². The molecule has 1 aliphatic heterocycles.